The van der Waals surface area contributed by atoms with Gasteiger partial charge in [-0.2, -0.15) is 0 Å². The van der Waals surface area contributed by atoms with Gasteiger partial charge < -0.3 is 14.5 Å². The molecule has 0 aliphatic heterocycles. The van der Waals surface area contributed by atoms with E-state index in [-0.39, 0.29) is 30.0 Å². The molecule has 0 aliphatic carbocycles. The Morgan fingerprint density at radius 2 is 2.00 bits per heavy atom. The second-order valence-electron chi connectivity index (χ2n) is 3.28. The highest BCUT2D eigenvalue weighted by molar-refractivity contribution is 7.71. The van der Waals surface area contributed by atoms with Crippen LogP contribution in [0.5, 0.6) is 0 Å². The number of ether oxygens (including phenoxy) is 2. The molecule has 1 heterocycles. The first-order chi connectivity index (χ1) is 8.58. The Bertz CT molecular complexity index is 498. The summed E-state index contributed by atoms with van der Waals surface area (Å²) in [6, 6.07) is 0. The molecule has 0 saturated heterocycles. The standard InChI is InChI=1S/C11H14N2O4S/c1-3-16-9(14)5-8-7(10(15)17-4-2)6-12-11(18)13-8/h6H,3-5H2,1-2H3,(H,12,13,18). The second-order valence-corrected chi connectivity index (χ2v) is 3.67. The molecule has 18 heavy (non-hydrogen) atoms. The van der Waals surface area contributed by atoms with Gasteiger partial charge in [-0.15, -0.1) is 0 Å². The SMILES string of the molecule is CCOC(=O)Cc1[nH]c(=S)ncc1C(=O)OCC. The van der Waals surface area contributed by atoms with Crippen molar-refractivity contribution in [3.8, 4) is 0 Å². The summed E-state index contributed by atoms with van der Waals surface area (Å²) in [7, 11) is 0. The van der Waals surface area contributed by atoms with Crippen LogP contribution < -0.4 is 0 Å². The largest absolute Gasteiger partial charge is 0.466 e. The molecule has 0 radical (unpaired) electrons. The number of rotatable bonds is 5. The Balaban J connectivity index is 3.00. The number of nitrogens with one attached hydrogen (secondary N) is 1. The minimum atomic E-state index is -0.546. The summed E-state index contributed by atoms with van der Waals surface area (Å²) in [5, 5.41) is 0. The molecular weight excluding hydrogens is 256 g/mol. The zero-order valence-corrected chi connectivity index (χ0v) is 11.0. The van der Waals surface area contributed by atoms with E-state index in [0.717, 1.165) is 0 Å². The molecule has 1 aromatic rings. The van der Waals surface area contributed by atoms with Gasteiger partial charge in [0.05, 0.1) is 25.2 Å². The van der Waals surface area contributed by atoms with Gasteiger partial charge >= 0.3 is 11.9 Å². The molecular formula is C11H14N2O4S. The number of carbonyl (C=O) groups excluding carboxylic acids is 2. The maximum Gasteiger partial charge on any atom is 0.341 e. The van der Waals surface area contributed by atoms with Crippen LogP contribution in [0.4, 0.5) is 0 Å². The van der Waals surface area contributed by atoms with Gasteiger partial charge in [0.2, 0.25) is 0 Å². The minimum Gasteiger partial charge on any atom is -0.466 e. The Morgan fingerprint density at radius 1 is 1.33 bits per heavy atom. The predicted molar refractivity (Wildman–Crippen MR) is 65.7 cm³/mol. The number of nitrogens with zero attached hydrogens (tertiary/aromatic N) is 1. The van der Waals surface area contributed by atoms with Gasteiger partial charge in [0, 0.05) is 11.9 Å². The van der Waals surface area contributed by atoms with Crippen LogP contribution in [0.2, 0.25) is 0 Å². The molecule has 7 heteroatoms. The topological polar surface area (TPSA) is 81.3 Å². The molecule has 98 valence electrons. The van der Waals surface area contributed by atoms with Crippen LogP contribution in [0.15, 0.2) is 6.20 Å². The van der Waals surface area contributed by atoms with Crippen molar-refractivity contribution in [2.45, 2.75) is 20.3 Å². The van der Waals surface area contributed by atoms with Crippen molar-refractivity contribution in [2.24, 2.45) is 0 Å². The zero-order valence-electron chi connectivity index (χ0n) is 10.2. The summed E-state index contributed by atoms with van der Waals surface area (Å²) in [5.41, 5.74) is 0.547. The summed E-state index contributed by atoms with van der Waals surface area (Å²) < 4.78 is 9.88. The molecule has 0 fully saturated rings. The van der Waals surface area contributed by atoms with E-state index < -0.39 is 11.9 Å². The molecule has 1 N–H and O–H groups in total. The maximum atomic E-state index is 11.6. The third-order valence-electron chi connectivity index (χ3n) is 2.02. The number of hydrogen-bond acceptors (Lipinski definition) is 6. The van der Waals surface area contributed by atoms with Gasteiger partial charge in [-0.05, 0) is 26.1 Å². The smallest absolute Gasteiger partial charge is 0.341 e. The van der Waals surface area contributed by atoms with Crippen molar-refractivity contribution in [2.75, 3.05) is 13.2 Å². The molecule has 1 rings (SSSR count). The van der Waals surface area contributed by atoms with Crippen molar-refractivity contribution in [3.05, 3.63) is 22.2 Å². The predicted octanol–water partition coefficient (Wildman–Crippen LogP) is 1.42. The second kappa shape index (κ2) is 6.85. The lowest BCUT2D eigenvalue weighted by molar-refractivity contribution is -0.142. The van der Waals surface area contributed by atoms with E-state index in [0.29, 0.717) is 5.69 Å². The molecule has 0 aromatic carbocycles. The van der Waals surface area contributed by atoms with E-state index in [1.165, 1.54) is 6.20 Å². The molecule has 0 unspecified atom stereocenters. The summed E-state index contributed by atoms with van der Waals surface area (Å²) in [6.45, 7) is 3.92. The average Bonchev–Trinajstić information content (AvgIpc) is 2.29. The fraction of sp³-hybridized carbons (Fsp3) is 0.455. The van der Waals surface area contributed by atoms with Crippen LogP contribution in [0.1, 0.15) is 29.9 Å². The molecule has 0 spiro atoms. The highest BCUT2D eigenvalue weighted by atomic mass is 32.1. The quantitative estimate of drug-likeness (QED) is 0.643. The van der Waals surface area contributed by atoms with Gasteiger partial charge in [-0.25, -0.2) is 9.78 Å². The summed E-state index contributed by atoms with van der Waals surface area (Å²) >= 11 is 4.86. The van der Waals surface area contributed by atoms with E-state index in [9.17, 15) is 9.59 Å². The monoisotopic (exact) mass is 270 g/mol. The molecule has 0 atom stereocenters. The van der Waals surface area contributed by atoms with Crippen molar-refractivity contribution >= 4 is 24.2 Å². The molecule has 0 saturated carbocycles. The highest BCUT2D eigenvalue weighted by Crippen LogP contribution is 2.08. The van der Waals surface area contributed by atoms with E-state index in [4.69, 9.17) is 21.7 Å². The van der Waals surface area contributed by atoms with Crippen LogP contribution in [-0.2, 0) is 20.7 Å². The minimum absolute atomic E-state index is 0.0753. The van der Waals surface area contributed by atoms with Crippen LogP contribution in [0.25, 0.3) is 0 Å². The lowest BCUT2D eigenvalue weighted by Gasteiger charge is -2.07. The Kier molecular flexibility index (Phi) is 5.44. The van der Waals surface area contributed by atoms with Crippen molar-refractivity contribution in [3.63, 3.8) is 0 Å². The molecule has 0 aliphatic rings. The number of carbonyl (C=O) groups is 2. The molecule has 0 amide bonds. The van der Waals surface area contributed by atoms with Crippen LogP contribution in [0, 0.1) is 4.77 Å². The molecule has 1 aromatic heterocycles. The van der Waals surface area contributed by atoms with Crippen LogP contribution in [0.3, 0.4) is 0 Å². The van der Waals surface area contributed by atoms with E-state index >= 15 is 0 Å². The Hall–Kier alpha value is -1.76. The summed E-state index contributed by atoms with van der Waals surface area (Å²) in [6.07, 6.45) is 1.22. The number of H-pyrrole nitrogens is 1. The third-order valence-corrected chi connectivity index (χ3v) is 2.22. The van der Waals surface area contributed by atoms with E-state index in [2.05, 4.69) is 9.97 Å². The van der Waals surface area contributed by atoms with Crippen molar-refractivity contribution in [1.29, 1.82) is 0 Å². The van der Waals surface area contributed by atoms with E-state index in [1.807, 2.05) is 0 Å². The fourth-order valence-corrected chi connectivity index (χ4v) is 1.49. The lowest BCUT2D eigenvalue weighted by atomic mass is 10.2. The van der Waals surface area contributed by atoms with Gasteiger partial charge in [0.25, 0.3) is 0 Å². The number of aromatic amines is 1. The highest BCUT2D eigenvalue weighted by Gasteiger charge is 2.16. The number of hydrogen-bond donors (Lipinski definition) is 1. The van der Waals surface area contributed by atoms with Crippen molar-refractivity contribution in [1.82, 2.24) is 9.97 Å². The third kappa shape index (κ3) is 3.92. The van der Waals surface area contributed by atoms with Crippen LogP contribution >= 0.6 is 12.2 Å². The van der Waals surface area contributed by atoms with E-state index in [1.54, 1.807) is 13.8 Å². The van der Waals surface area contributed by atoms with Crippen LogP contribution in [-0.4, -0.2) is 35.1 Å². The normalized spacial score (nSPS) is 9.89. The van der Waals surface area contributed by atoms with Gasteiger partial charge in [0.15, 0.2) is 4.77 Å². The summed E-state index contributed by atoms with van der Waals surface area (Å²) in [5.74, 6) is -0.990. The fourth-order valence-electron chi connectivity index (χ4n) is 1.31. The lowest BCUT2D eigenvalue weighted by Crippen LogP contribution is -2.15. The average molecular weight is 270 g/mol. The van der Waals surface area contributed by atoms with Gasteiger partial charge in [-0.3, -0.25) is 4.79 Å². The summed E-state index contributed by atoms with van der Waals surface area (Å²) in [4.78, 5) is 29.6. The molecule has 0 bridgehead atoms. The first-order valence-corrected chi connectivity index (χ1v) is 5.90. The van der Waals surface area contributed by atoms with Gasteiger partial charge in [-0.1, -0.05) is 0 Å². The first kappa shape index (κ1) is 14.3. The Labute approximate surface area is 109 Å². The number of esters is 2. The zero-order chi connectivity index (χ0) is 13.5. The van der Waals surface area contributed by atoms with Crippen molar-refractivity contribution < 1.29 is 19.1 Å². The maximum absolute atomic E-state index is 11.6. The Morgan fingerprint density at radius 3 is 2.61 bits per heavy atom. The first-order valence-electron chi connectivity index (χ1n) is 5.49. The number of aromatic nitrogens is 2. The van der Waals surface area contributed by atoms with Gasteiger partial charge in [0.1, 0.15) is 0 Å². The molecule has 6 nitrogen and oxygen atoms in total.